The molecule has 0 bridgehead atoms. The highest BCUT2D eigenvalue weighted by atomic mass is 16.6. The zero-order valence-electron chi connectivity index (χ0n) is 16.6. The Labute approximate surface area is 162 Å². The standard InChI is InChI=1S/C23H30N2O2/c1-22(2,3)27-21(26)24-23(16-19-10-6-4-7-11-19)14-15-25(18-23)17-20-12-8-5-9-13-20/h4-13H,14-18H2,1-3H3,(H,24,26). The monoisotopic (exact) mass is 366 g/mol. The minimum Gasteiger partial charge on any atom is -0.444 e. The van der Waals surface area contributed by atoms with E-state index in [0.29, 0.717) is 0 Å². The number of carbonyl (C=O) groups is 1. The van der Waals surface area contributed by atoms with Crippen LogP contribution in [0, 0.1) is 0 Å². The van der Waals surface area contributed by atoms with Gasteiger partial charge in [0.2, 0.25) is 0 Å². The first-order valence-electron chi connectivity index (χ1n) is 9.65. The van der Waals surface area contributed by atoms with Gasteiger partial charge < -0.3 is 10.1 Å². The molecule has 4 heteroatoms. The van der Waals surface area contributed by atoms with Crippen LogP contribution in [0.3, 0.4) is 0 Å². The smallest absolute Gasteiger partial charge is 0.408 e. The summed E-state index contributed by atoms with van der Waals surface area (Å²) >= 11 is 0. The largest absolute Gasteiger partial charge is 0.444 e. The number of carbonyl (C=O) groups excluding carboxylic acids is 1. The van der Waals surface area contributed by atoms with E-state index in [1.165, 1.54) is 11.1 Å². The molecule has 1 N–H and O–H groups in total. The Kier molecular flexibility index (Phi) is 5.85. The number of benzene rings is 2. The number of hydrogen-bond acceptors (Lipinski definition) is 3. The molecule has 2 aromatic rings. The zero-order valence-corrected chi connectivity index (χ0v) is 16.6. The second kappa shape index (κ2) is 8.13. The lowest BCUT2D eigenvalue weighted by Crippen LogP contribution is -2.53. The zero-order chi connectivity index (χ0) is 19.3. The van der Waals surface area contributed by atoms with Crippen molar-refractivity contribution < 1.29 is 9.53 Å². The van der Waals surface area contributed by atoms with Crippen LogP contribution in [0.4, 0.5) is 4.79 Å². The Hall–Kier alpha value is -2.33. The summed E-state index contributed by atoms with van der Waals surface area (Å²) in [6.45, 7) is 8.35. The van der Waals surface area contributed by atoms with Crippen molar-refractivity contribution in [2.45, 2.75) is 51.3 Å². The normalized spacial score (nSPS) is 20.4. The molecule has 1 saturated heterocycles. The second-order valence-corrected chi connectivity index (χ2v) is 8.52. The van der Waals surface area contributed by atoms with E-state index < -0.39 is 5.60 Å². The molecule has 1 atom stereocenters. The molecule has 27 heavy (non-hydrogen) atoms. The van der Waals surface area contributed by atoms with Crippen molar-refractivity contribution in [1.82, 2.24) is 10.2 Å². The van der Waals surface area contributed by atoms with E-state index in [4.69, 9.17) is 4.74 Å². The van der Waals surface area contributed by atoms with Gasteiger partial charge in [0.15, 0.2) is 0 Å². The lowest BCUT2D eigenvalue weighted by atomic mass is 9.90. The first-order valence-corrected chi connectivity index (χ1v) is 9.65. The van der Waals surface area contributed by atoms with Crippen molar-refractivity contribution >= 4 is 6.09 Å². The summed E-state index contributed by atoms with van der Waals surface area (Å²) in [5.74, 6) is 0. The summed E-state index contributed by atoms with van der Waals surface area (Å²) in [5, 5.41) is 3.21. The van der Waals surface area contributed by atoms with E-state index in [0.717, 1.165) is 32.5 Å². The van der Waals surface area contributed by atoms with Gasteiger partial charge >= 0.3 is 6.09 Å². The van der Waals surface area contributed by atoms with E-state index in [9.17, 15) is 4.79 Å². The van der Waals surface area contributed by atoms with Gasteiger partial charge in [-0.15, -0.1) is 0 Å². The molecule has 1 aliphatic rings. The van der Waals surface area contributed by atoms with Crippen molar-refractivity contribution in [1.29, 1.82) is 0 Å². The molecule has 4 nitrogen and oxygen atoms in total. The molecule has 0 spiro atoms. The number of amides is 1. The molecular formula is C23H30N2O2. The lowest BCUT2D eigenvalue weighted by molar-refractivity contribution is 0.0456. The van der Waals surface area contributed by atoms with Crippen molar-refractivity contribution in [3.8, 4) is 0 Å². The Morgan fingerprint density at radius 3 is 2.22 bits per heavy atom. The van der Waals surface area contributed by atoms with Gasteiger partial charge in [0.25, 0.3) is 0 Å². The average Bonchev–Trinajstić information content (AvgIpc) is 2.97. The van der Waals surface area contributed by atoms with Crippen molar-refractivity contribution in [2.75, 3.05) is 13.1 Å². The van der Waals surface area contributed by atoms with Crippen molar-refractivity contribution in [3.63, 3.8) is 0 Å². The number of nitrogens with one attached hydrogen (secondary N) is 1. The highest BCUT2D eigenvalue weighted by molar-refractivity contribution is 5.69. The van der Waals surface area contributed by atoms with Crippen LogP contribution in [-0.2, 0) is 17.7 Å². The molecule has 1 heterocycles. The quantitative estimate of drug-likeness (QED) is 0.853. The van der Waals surface area contributed by atoms with E-state index in [1.807, 2.05) is 45.0 Å². The Morgan fingerprint density at radius 1 is 1.04 bits per heavy atom. The maximum atomic E-state index is 12.5. The van der Waals surface area contributed by atoms with E-state index >= 15 is 0 Å². The van der Waals surface area contributed by atoms with Crippen LogP contribution >= 0.6 is 0 Å². The number of alkyl carbamates (subject to hydrolysis) is 1. The molecule has 2 aromatic carbocycles. The van der Waals surface area contributed by atoms with Crippen molar-refractivity contribution in [2.24, 2.45) is 0 Å². The molecule has 1 unspecified atom stereocenters. The number of hydrogen-bond donors (Lipinski definition) is 1. The molecule has 3 rings (SSSR count). The third kappa shape index (κ3) is 5.83. The third-order valence-corrected chi connectivity index (χ3v) is 4.83. The summed E-state index contributed by atoms with van der Waals surface area (Å²) in [6, 6.07) is 20.8. The summed E-state index contributed by atoms with van der Waals surface area (Å²) in [6.07, 6.45) is 1.38. The molecule has 144 valence electrons. The predicted octanol–water partition coefficient (Wildman–Crippen LogP) is 4.40. The van der Waals surface area contributed by atoms with Gasteiger partial charge in [-0.25, -0.2) is 4.79 Å². The first kappa shape index (κ1) is 19.4. The topological polar surface area (TPSA) is 41.6 Å². The van der Waals surface area contributed by atoms with Crippen LogP contribution in [0.5, 0.6) is 0 Å². The molecular weight excluding hydrogens is 336 g/mol. The van der Waals surface area contributed by atoms with Gasteiger partial charge in [0, 0.05) is 19.6 Å². The Balaban J connectivity index is 1.73. The van der Waals surface area contributed by atoms with Crippen LogP contribution in [0.15, 0.2) is 60.7 Å². The fourth-order valence-corrected chi connectivity index (χ4v) is 3.73. The lowest BCUT2D eigenvalue weighted by Gasteiger charge is -2.32. The highest BCUT2D eigenvalue weighted by Gasteiger charge is 2.40. The van der Waals surface area contributed by atoms with Crippen LogP contribution in [0.2, 0.25) is 0 Å². The summed E-state index contributed by atoms with van der Waals surface area (Å²) < 4.78 is 5.55. The van der Waals surface area contributed by atoms with E-state index in [2.05, 4.69) is 46.6 Å². The molecule has 0 radical (unpaired) electrons. The van der Waals surface area contributed by atoms with Gasteiger partial charge in [-0.1, -0.05) is 60.7 Å². The number of likely N-dealkylation sites (tertiary alicyclic amines) is 1. The van der Waals surface area contributed by atoms with E-state index in [1.54, 1.807) is 0 Å². The first-order chi connectivity index (χ1) is 12.8. The SMILES string of the molecule is CC(C)(C)OC(=O)NC1(Cc2ccccc2)CCN(Cc2ccccc2)C1. The van der Waals surface area contributed by atoms with Gasteiger partial charge in [-0.05, 0) is 44.7 Å². The van der Waals surface area contributed by atoms with Gasteiger partial charge in [-0.2, -0.15) is 0 Å². The third-order valence-electron chi connectivity index (χ3n) is 4.83. The van der Waals surface area contributed by atoms with Crippen LogP contribution in [0.1, 0.15) is 38.3 Å². The fraction of sp³-hybridized carbons (Fsp3) is 0.435. The number of nitrogens with zero attached hydrogens (tertiary/aromatic N) is 1. The Morgan fingerprint density at radius 2 is 1.63 bits per heavy atom. The molecule has 1 fully saturated rings. The minimum absolute atomic E-state index is 0.307. The van der Waals surface area contributed by atoms with Crippen LogP contribution in [0.25, 0.3) is 0 Å². The fourth-order valence-electron chi connectivity index (χ4n) is 3.73. The summed E-state index contributed by atoms with van der Waals surface area (Å²) in [4.78, 5) is 14.9. The second-order valence-electron chi connectivity index (χ2n) is 8.52. The molecule has 0 aliphatic carbocycles. The maximum Gasteiger partial charge on any atom is 0.408 e. The Bertz CT molecular complexity index is 740. The van der Waals surface area contributed by atoms with Crippen LogP contribution in [-0.4, -0.2) is 35.2 Å². The van der Waals surface area contributed by atoms with E-state index in [-0.39, 0.29) is 11.6 Å². The number of ether oxygens (including phenoxy) is 1. The van der Waals surface area contributed by atoms with Gasteiger partial charge in [-0.3, -0.25) is 4.90 Å². The highest BCUT2D eigenvalue weighted by Crippen LogP contribution is 2.27. The summed E-state index contributed by atoms with van der Waals surface area (Å²) in [7, 11) is 0. The predicted molar refractivity (Wildman–Crippen MR) is 109 cm³/mol. The van der Waals surface area contributed by atoms with Gasteiger partial charge in [0.1, 0.15) is 5.60 Å². The average molecular weight is 367 g/mol. The van der Waals surface area contributed by atoms with Gasteiger partial charge in [0.05, 0.1) is 5.54 Å². The minimum atomic E-state index is -0.500. The molecule has 0 aromatic heterocycles. The number of rotatable bonds is 5. The molecule has 1 amide bonds. The summed E-state index contributed by atoms with van der Waals surface area (Å²) in [5.41, 5.74) is 1.72. The van der Waals surface area contributed by atoms with Crippen LogP contribution < -0.4 is 5.32 Å². The maximum absolute atomic E-state index is 12.5. The van der Waals surface area contributed by atoms with Crippen molar-refractivity contribution in [3.05, 3.63) is 71.8 Å². The molecule has 1 aliphatic heterocycles. The molecule has 0 saturated carbocycles.